The molecule has 0 aliphatic carbocycles. The highest BCUT2D eigenvalue weighted by atomic mass is 127. The summed E-state index contributed by atoms with van der Waals surface area (Å²) >= 11 is 0. The number of guanidine groups is 1. The second kappa shape index (κ2) is 11.1. The molecule has 1 aromatic rings. The fourth-order valence-electron chi connectivity index (χ4n) is 1.94. The van der Waals surface area contributed by atoms with E-state index >= 15 is 0 Å². The van der Waals surface area contributed by atoms with Crippen LogP contribution in [0.25, 0.3) is 0 Å². The second-order valence-corrected chi connectivity index (χ2v) is 5.17. The lowest BCUT2D eigenvalue weighted by molar-refractivity contribution is -0.132. The molecule has 0 bridgehead atoms. The Labute approximate surface area is 160 Å². The lowest BCUT2D eigenvalue weighted by Gasteiger charge is -2.17. The molecule has 1 aromatic carbocycles. The Balaban J connectivity index is 0.00000576. The number of halogens is 5. The van der Waals surface area contributed by atoms with Gasteiger partial charge in [-0.05, 0) is 24.1 Å². The van der Waals surface area contributed by atoms with E-state index in [9.17, 15) is 22.4 Å². The molecule has 25 heavy (non-hydrogen) atoms. The zero-order valence-electron chi connectivity index (χ0n) is 13.6. The maximum absolute atomic E-state index is 12.9. The van der Waals surface area contributed by atoms with Crippen LogP contribution in [-0.4, -0.2) is 38.2 Å². The first kappa shape index (κ1) is 23.4. The van der Waals surface area contributed by atoms with Gasteiger partial charge in [0.05, 0.1) is 12.3 Å². The summed E-state index contributed by atoms with van der Waals surface area (Å²) in [4.78, 5) is 15.3. The molecule has 0 radical (unpaired) electrons. The van der Waals surface area contributed by atoms with E-state index < -0.39 is 24.4 Å². The summed E-state index contributed by atoms with van der Waals surface area (Å²) in [6.07, 6.45) is -4.98. The first-order valence-electron chi connectivity index (χ1n) is 7.26. The van der Waals surface area contributed by atoms with Gasteiger partial charge in [-0.15, -0.1) is 24.0 Å². The zero-order valence-corrected chi connectivity index (χ0v) is 15.9. The third-order valence-corrected chi connectivity index (χ3v) is 3.24. The molecule has 1 atom stereocenters. The Morgan fingerprint density at radius 3 is 2.32 bits per heavy atom. The Hall–Kier alpha value is -1.59. The van der Waals surface area contributed by atoms with Gasteiger partial charge in [-0.1, -0.05) is 12.1 Å². The van der Waals surface area contributed by atoms with Gasteiger partial charge < -0.3 is 16.4 Å². The molecule has 1 unspecified atom stereocenters. The molecule has 0 fully saturated rings. The standard InChI is InChI=1S/C15H20F4N4O.HI/c1-21-14(22-7-6-15(17,18)19)23-9-11(13(20)24)8-10-2-4-12(16)5-3-10;/h2-5,11H,6-9H2,1H3,(H2,20,24)(H2,21,22,23);1H. The van der Waals surface area contributed by atoms with E-state index in [2.05, 4.69) is 15.6 Å². The molecular weight excluding hydrogens is 455 g/mol. The quantitative estimate of drug-likeness (QED) is 0.245. The minimum atomic E-state index is -4.26. The van der Waals surface area contributed by atoms with Gasteiger partial charge in [0.2, 0.25) is 5.91 Å². The van der Waals surface area contributed by atoms with E-state index in [0.29, 0.717) is 0 Å². The lowest BCUT2D eigenvalue weighted by atomic mass is 9.98. The molecule has 1 amide bonds. The van der Waals surface area contributed by atoms with Crippen molar-refractivity contribution < 1.29 is 22.4 Å². The SMILES string of the molecule is CN=C(NCCC(F)(F)F)NCC(Cc1ccc(F)cc1)C(N)=O.I. The molecule has 0 aliphatic rings. The minimum absolute atomic E-state index is 0. The first-order valence-corrected chi connectivity index (χ1v) is 7.26. The molecule has 4 N–H and O–H groups in total. The van der Waals surface area contributed by atoms with Gasteiger partial charge in [-0.25, -0.2) is 4.39 Å². The number of primary amides is 1. The highest BCUT2D eigenvalue weighted by Gasteiger charge is 2.26. The molecule has 0 saturated heterocycles. The summed E-state index contributed by atoms with van der Waals surface area (Å²) in [5.74, 6) is -1.43. The van der Waals surface area contributed by atoms with Gasteiger partial charge in [0.1, 0.15) is 5.82 Å². The van der Waals surface area contributed by atoms with Crippen molar-refractivity contribution in [3.63, 3.8) is 0 Å². The molecule has 0 spiro atoms. The van der Waals surface area contributed by atoms with Gasteiger partial charge in [-0.3, -0.25) is 9.79 Å². The Kier molecular flexibility index (Phi) is 10.4. The summed E-state index contributed by atoms with van der Waals surface area (Å²) < 4.78 is 49.2. The predicted octanol–water partition coefficient (Wildman–Crippen LogP) is 2.21. The number of carbonyl (C=O) groups is 1. The zero-order chi connectivity index (χ0) is 18.2. The maximum atomic E-state index is 12.9. The van der Waals surface area contributed by atoms with Crippen LogP contribution in [0.1, 0.15) is 12.0 Å². The summed E-state index contributed by atoms with van der Waals surface area (Å²) in [6.45, 7) is -0.235. The normalized spacial score (nSPS) is 12.9. The fourth-order valence-corrected chi connectivity index (χ4v) is 1.94. The summed E-state index contributed by atoms with van der Waals surface area (Å²) in [5.41, 5.74) is 6.06. The number of aliphatic imine (C=N–C) groups is 1. The number of nitrogens with zero attached hydrogens (tertiary/aromatic N) is 1. The van der Waals surface area contributed by atoms with Crippen LogP contribution in [0.4, 0.5) is 17.6 Å². The van der Waals surface area contributed by atoms with Crippen molar-refractivity contribution >= 4 is 35.8 Å². The highest BCUT2D eigenvalue weighted by molar-refractivity contribution is 14.0. The van der Waals surface area contributed by atoms with Crippen LogP contribution in [0.2, 0.25) is 0 Å². The van der Waals surface area contributed by atoms with Crippen LogP contribution in [0, 0.1) is 11.7 Å². The lowest BCUT2D eigenvalue weighted by Crippen LogP contribution is -2.43. The number of amides is 1. The molecule has 0 aromatic heterocycles. The maximum Gasteiger partial charge on any atom is 0.390 e. The number of alkyl halides is 3. The van der Waals surface area contributed by atoms with Crippen LogP contribution < -0.4 is 16.4 Å². The molecule has 1 rings (SSSR count). The van der Waals surface area contributed by atoms with Gasteiger partial charge in [0.25, 0.3) is 0 Å². The van der Waals surface area contributed by atoms with Crippen LogP contribution in [0.3, 0.4) is 0 Å². The van der Waals surface area contributed by atoms with E-state index in [1.54, 1.807) is 12.1 Å². The van der Waals surface area contributed by atoms with E-state index in [0.717, 1.165) is 5.56 Å². The van der Waals surface area contributed by atoms with Crippen LogP contribution in [0.15, 0.2) is 29.3 Å². The minimum Gasteiger partial charge on any atom is -0.369 e. The van der Waals surface area contributed by atoms with E-state index in [4.69, 9.17) is 5.73 Å². The molecular formula is C15H21F4IN4O. The van der Waals surface area contributed by atoms with Crippen molar-refractivity contribution in [3.05, 3.63) is 35.6 Å². The number of carbonyl (C=O) groups excluding carboxylic acids is 1. The molecule has 0 aliphatic heterocycles. The number of nitrogens with two attached hydrogens (primary N) is 1. The van der Waals surface area contributed by atoms with Gasteiger partial charge in [0.15, 0.2) is 5.96 Å². The molecule has 142 valence electrons. The van der Waals surface area contributed by atoms with Crippen LogP contribution in [-0.2, 0) is 11.2 Å². The first-order chi connectivity index (χ1) is 11.2. The number of rotatable bonds is 7. The van der Waals surface area contributed by atoms with Crippen molar-refractivity contribution in [2.75, 3.05) is 20.1 Å². The summed E-state index contributed by atoms with van der Waals surface area (Å²) in [5, 5.41) is 5.27. The third kappa shape index (κ3) is 10.1. The molecule has 5 nitrogen and oxygen atoms in total. The Morgan fingerprint density at radius 2 is 1.84 bits per heavy atom. The summed E-state index contributed by atoms with van der Waals surface area (Å²) in [6, 6.07) is 5.64. The molecule has 0 saturated carbocycles. The van der Waals surface area contributed by atoms with E-state index in [1.807, 2.05) is 0 Å². The van der Waals surface area contributed by atoms with Gasteiger partial charge >= 0.3 is 6.18 Å². The topological polar surface area (TPSA) is 79.5 Å². The highest BCUT2D eigenvalue weighted by Crippen LogP contribution is 2.18. The Morgan fingerprint density at radius 1 is 1.24 bits per heavy atom. The van der Waals surface area contributed by atoms with Gasteiger partial charge in [0, 0.05) is 20.1 Å². The van der Waals surface area contributed by atoms with Crippen molar-refractivity contribution in [2.24, 2.45) is 16.6 Å². The third-order valence-electron chi connectivity index (χ3n) is 3.24. The second-order valence-electron chi connectivity index (χ2n) is 5.17. The van der Waals surface area contributed by atoms with Crippen LogP contribution in [0.5, 0.6) is 0 Å². The fraction of sp³-hybridized carbons (Fsp3) is 0.467. The number of hydrogen-bond donors (Lipinski definition) is 3. The summed E-state index contributed by atoms with van der Waals surface area (Å²) in [7, 11) is 1.40. The van der Waals surface area contributed by atoms with Gasteiger partial charge in [-0.2, -0.15) is 13.2 Å². The monoisotopic (exact) mass is 476 g/mol. The molecule has 10 heteroatoms. The molecule has 0 heterocycles. The van der Waals surface area contributed by atoms with Crippen LogP contribution >= 0.6 is 24.0 Å². The number of benzene rings is 1. The predicted molar refractivity (Wildman–Crippen MR) is 98.2 cm³/mol. The van der Waals surface area contributed by atoms with Crippen molar-refractivity contribution in [2.45, 2.75) is 19.0 Å². The van der Waals surface area contributed by atoms with E-state index in [-0.39, 0.29) is 55.3 Å². The van der Waals surface area contributed by atoms with E-state index in [1.165, 1.54) is 19.2 Å². The average Bonchev–Trinajstić information content (AvgIpc) is 2.49. The number of hydrogen-bond acceptors (Lipinski definition) is 2. The van der Waals surface area contributed by atoms with Crippen molar-refractivity contribution in [1.82, 2.24) is 10.6 Å². The largest absolute Gasteiger partial charge is 0.390 e. The van der Waals surface area contributed by atoms with Crippen molar-refractivity contribution in [3.8, 4) is 0 Å². The van der Waals surface area contributed by atoms with Crippen molar-refractivity contribution in [1.29, 1.82) is 0 Å². The smallest absolute Gasteiger partial charge is 0.369 e. The average molecular weight is 476 g/mol. The Bertz CT molecular complexity index is 564. The number of nitrogens with one attached hydrogen (secondary N) is 2.